The molecule has 2 aromatic rings. The van der Waals surface area contributed by atoms with Gasteiger partial charge in [-0.1, -0.05) is 42.5 Å². The standard InChI is InChI=1S/C22H27N3O2/c1-2-25-14-6-9-19-15-17(10-11-20(19)25)12-13-23-21(26)22(27)24-16-18-7-4-3-5-8-18/h3-5,7-8,10-11,15H,2,6,9,12-14,16H2,1H3,(H,23,26)(H,24,27). The third-order valence-electron chi connectivity index (χ3n) is 4.94. The molecule has 3 rings (SSSR count). The van der Waals surface area contributed by atoms with E-state index in [4.69, 9.17) is 0 Å². The Bertz CT molecular complexity index is 789. The molecule has 0 saturated carbocycles. The summed E-state index contributed by atoms with van der Waals surface area (Å²) in [5, 5.41) is 5.35. The molecule has 1 heterocycles. The smallest absolute Gasteiger partial charge is 0.309 e. The highest BCUT2D eigenvalue weighted by atomic mass is 16.2. The Morgan fingerprint density at radius 1 is 1.00 bits per heavy atom. The van der Waals surface area contributed by atoms with Gasteiger partial charge in [0.15, 0.2) is 0 Å². The van der Waals surface area contributed by atoms with Gasteiger partial charge in [-0.15, -0.1) is 0 Å². The van der Waals surface area contributed by atoms with Crippen molar-refractivity contribution in [2.75, 3.05) is 24.5 Å². The Hall–Kier alpha value is -2.82. The molecule has 27 heavy (non-hydrogen) atoms. The van der Waals surface area contributed by atoms with Crippen molar-refractivity contribution < 1.29 is 9.59 Å². The molecule has 1 aliphatic heterocycles. The fourth-order valence-corrected chi connectivity index (χ4v) is 3.47. The summed E-state index contributed by atoms with van der Waals surface area (Å²) in [6.07, 6.45) is 3.01. The lowest BCUT2D eigenvalue weighted by Crippen LogP contribution is -2.40. The number of hydrogen-bond donors (Lipinski definition) is 2. The topological polar surface area (TPSA) is 61.4 Å². The highest BCUT2D eigenvalue weighted by Gasteiger charge is 2.16. The second-order valence-corrected chi connectivity index (χ2v) is 6.82. The summed E-state index contributed by atoms with van der Waals surface area (Å²) in [6.45, 7) is 5.14. The van der Waals surface area contributed by atoms with Crippen molar-refractivity contribution in [2.24, 2.45) is 0 Å². The molecule has 2 N–H and O–H groups in total. The molecule has 2 amide bonds. The predicted octanol–water partition coefficient (Wildman–Crippen LogP) is 2.43. The van der Waals surface area contributed by atoms with Crippen LogP contribution in [0, 0.1) is 0 Å². The normalized spacial score (nSPS) is 13.0. The fourth-order valence-electron chi connectivity index (χ4n) is 3.47. The van der Waals surface area contributed by atoms with Gasteiger partial charge in [-0.25, -0.2) is 0 Å². The van der Waals surface area contributed by atoms with E-state index in [-0.39, 0.29) is 0 Å². The third-order valence-corrected chi connectivity index (χ3v) is 4.94. The van der Waals surface area contributed by atoms with Gasteiger partial charge in [-0.05, 0) is 48.9 Å². The summed E-state index contributed by atoms with van der Waals surface area (Å²) >= 11 is 0. The van der Waals surface area contributed by atoms with Gasteiger partial charge in [-0.3, -0.25) is 9.59 Å². The van der Waals surface area contributed by atoms with Crippen molar-refractivity contribution in [1.29, 1.82) is 0 Å². The maximum atomic E-state index is 11.9. The van der Waals surface area contributed by atoms with Crippen LogP contribution in [0.4, 0.5) is 5.69 Å². The second kappa shape index (κ2) is 9.21. The van der Waals surface area contributed by atoms with Gasteiger partial charge in [-0.2, -0.15) is 0 Å². The van der Waals surface area contributed by atoms with Crippen LogP contribution in [0.5, 0.6) is 0 Å². The van der Waals surface area contributed by atoms with Crippen LogP contribution in [0.3, 0.4) is 0 Å². The number of aryl methyl sites for hydroxylation is 1. The number of nitrogens with zero attached hydrogens (tertiary/aromatic N) is 1. The molecule has 1 aliphatic rings. The average Bonchev–Trinajstić information content (AvgIpc) is 2.72. The minimum atomic E-state index is -0.595. The van der Waals surface area contributed by atoms with E-state index in [0.717, 1.165) is 31.5 Å². The minimum Gasteiger partial charge on any atom is -0.372 e. The van der Waals surface area contributed by atoms with Gasteiger partial charge in [0.25, 0.3) is 0 Å². The summed E-state index contributed by atoms with van der Waals surface area (Å²) < 4.78 is 0. The summed E-state index contributed by atoms with van der Waals surface area (Å²) in [5.41, 5.74) is 4.87. The van der Waals surface area contributed by atoms with Crippen molar-refractivity contribution >= 4 is 17.5 Å². The fraction of sp³-hybridized carbons (Fsp3) is 0.364. The quantitative estimate of drug-likeness (QED) is 0.773. The molecule has 0 aromatic heterocycles. The van der Waals surface area contributed by atoms with E-state index in [1.165, 1.54) is 23.2 Å². The maximum absolute atomic E-state index is 11.9. The van der Waals surface area contributed by atoms with Gasteiger partial charge >= 0.3 is 11.8 Å². The Morgan fingerprint density at radius 3 is 2.56 bits per heavy atom. The number of rotatable bonds is 6. The summed E-state index contributed by atoms with van der Waals surface area (Å²) in [7, 11) is 0. The monoisotopic (exact) mass is 365 g/mol. The lowest BCUT2D eigenvalue weighted by atomic mass is 9.98. The zero-order valence-corrected chi connectivity index (χ0v) is 15.8. The number of anilines is 1. The first-order valence-corrected chi connectivity index (χ1v) is 9.64. The van der Waals surface area contributed by atoms with Crippen LogP contribution in [-0.2, 0) is 29.0 Å². The lowest BCUT2D eigenvalue weighted by molar-refractivity contribution is -0.139. The molecule has 0 bridgehead atoms. The molecule has 0 unspecified atom stereocenters. The van der Waals surface area contributed by atoms with Crippen LogP contribution in [0.25, 0.3) is 0 Å². The zero-order chi connectivity index (χ0) is 19.1. The number of amides is 2. The molecular formula is C22H27N3O2. The molecule has 142 valence electrons. The lowest BCUT2D eigenvalue weighted by Gasteiger charge is -2.30. The molecule has 0 spiro atoms. The van der Waals surface area contributed by atoms with E-state index < -0.39 is 11.8 Å². The number of fused-ring (bicyclic) bond motifs is 1. The molecule has 0 saturated heterocycles. The Balaban J connectivity index is 1.45. The first kappa shape index (κ1) is 19.0. The number of carbonyl (C=O) groups excluding carboxylic acids is 2. The van der Waals surface area contributed by atoms with Crippen LogP contribution in [0.15, 0.2) is 48.5 Å². The first-order chi connectivity index (χ1) is 13.2. The highest BCUT2D eigenvalue weighted by Crippen LogP contribution is 2.27. The van der Waals surface area contributed by atoms with Gasteiger partial charge in [0.1, 0.15) is 0 Å². The molecule has 0 radical (unpaired) electrons. The number of hydrogen-bond acceptors (Lipinski definition) is 3. The van der Waals surface area contributed by atoms with Gasteiger partial charge < -0.3 is 15.5 Å². The average molecular weight is 365 g/mol. The van der Waals surface area contributed by atoms with Gasteiger partial charge in [0.2, 0.25) is 0 Å². The molecule has 0 fully saturated rings. The first-order valence-electron chi connectivity index (χ1n) is 9.64. The number of nitrogens with one attached hydrogen (secondary N) is 2. The Labute approximate surface area is 160 Å². The maximum Gasteiger partial charge on any atom is 0.309 e. The summed E-state index contributed by atoms with van der Waals surface area (Å²) in [6, 6.07) is 16.1. The Kier molecular flexibility index (Phi) is 6.47. The van der Waals surface area contributed by atoms with Crippen molar-refractivity contribution in [3.05, 3.63) is 65.2 Å². The molecule has 5 nitrogen and oxygen atoms in total. The van der Waals surface area contributed by atoms with E-state index in [1.807, 2.05) is 30.3 Å². The van der Waals surface area contributed by atoms with E-state index in [9.17, 15) is 9.59 Å². The molecule has 0 aliphatic carbocycles. The summed E-state index contributed by atoms with van der Waals surface area (Å²) in [4.78, 5) is 26.2. The van der Waals surface area contributed by atoms with Crippen LogP contribution in [0.2, 0.25) is 0 Å². The van der Waals surface area contributed by atoms with Crippen molar-refractivity contribution in [3.8, 4) is 0 Å². The zero-order valence-electron chi connectivity index (χ0n) is 15.8. The third kappa shape index (κ3) is 5.09. The van der Waals surface area contributed by atoms with Crippen molar-refractivity contribution in [3.63, 3.8) is 0 Å². The minimum absolute atomic E-state index is 0.353. The second-order valence-electron chi connectivity index (χ2n) is 6.82. The molecular weight excluding hydrogens is 338 g/mol. The van der Waals surface area contributed by atoms with Crippen LogP contribution >= 0.6 is 0 Å². The number of benzene rings is 2. The highest BCUT2D eigenvalue weighted by molar-refractivity contribution is 6.35. The van der Waals surface area contributed by atoms with Crippen molar-refractivity contribution in [2.45, 2.75) is 32.7 Å². The molecule has 0 atom stereocenters. The SMILES string of the molecule is CCN1CCCc2cc(CCNC(=O)C(=O)NCc3ccccc3)ccc21. The largest absolute Gasteiger partial charge is 0.372 e. The van der Waals surface area contributed by atoms with E-state index in [2.05, 4.69) is 40.7 Å². The van der Waals surface area contributed by atoms with Gasteiger partial charge in [0, 0.05) is 31.9 Å². The van der Waals surface area contributed by atoms with E-state index in [0.29, 0.717) is 13.1 Å². The predicted molar refractivity (Wildman–Crippen MR) is 108 cm³/mol. The van der Waals surface area contributed by atoms with E-state index in [1.54, 1.807) is 0 Å². The number of carbonyl (C=O) groups is 2. The summed E-state index contributed by atoms with van der Waals surface area (Å²) in [5.74, 6) is -1.18. The Morgan fingerprint density at radius 2 is 1.78 bits per heavy atom. The van der Waals surface area contributed by atoms with Crippen LogP contribution < -0.4 is 15.5 Å². The molecule has 5 heteroatoms. The molecule has 2 aromatic carbocycles. The van der Waals surface area contributed by atoms with Gasteiger partial charge in [0.05, 0.1) is 0 Å². The van der Waals surface area contributed by atoms with E-state index >= 15 is 0 Å². The van der Waals surface area contributed by atoms with Crippen LogP contribution in [0.1, 0.15) is 30.0 Å². The van der Waals surface area contributed by atoms with Crippen LogP contribution in [-0.4, -0.2) is 31.4 Å². The van der Waals surface area contributed by atoms with Crippen molar-refractivity contribution in [1.82, 2.24) is 10.6 Å².